The maximum atomic E-state index is 12.0. The topological polar surface area (TPSA) is 64.2 Å². The molecule has 0 aliphatic heterocycles. The molecule has 0 amide bonds. The van der Waals surface area contributed by atoms with Crippen molar-refractivity contribution in [1.82, 2.24) is 9.78 Å². The molecular weight excluding hydrogens is 192 g/mol. The first-order chi connectivity index (χ1) is 7.15. The van der Waals surface area contributed by atoms with Gasteiger partial charge < -0.3 is 10.6 Å². The molecule has 1 rings (SSSR count). The molecule has 0 spiro atoms. The molecule has 0 fully saturated rings. The van der Waals surface area contributed by atoms with Crippen LogP contribution in [-0.4, -0.2) is 22.9 Å². The van der Waals surface area contributed by atoms with E-state index in [4.69, 9.17) is 5.73 Å². The number of aromatic nitrogens is 2. The van der Waals surface area contributed by atoms with E-state index < -0.39 is 0 Å². The minimum atomic E-state index is -0.110. The van der Waals surface area contributed by atoms with Gasteiger partial charge in [-0.25, -0.2) is 4.68 Å². The molecule has 1 aromatic heterocycles. The lowest BCUT2D eigenvalue weighted by molar-refractivity contribution is 0.613. The van der Waals surface area contributed by atoms with E-state index in [0.29, 0.717) is 17.9 Å². The zero-order chi connectivity index (χ0) is 11.4. The standard InChI is InChI=1S/C10H18N4O/c1-4-13(5-2)9-8(11)7-12-14(6-3)10(9)15/h7H,4-6,11H2,1-3H3. The van der Waals surface area contributed by atoms with Crippen LogP contribution in [0, 0.1) is 0 Å². The van der Waals surface area contributed by atoms with Crippen molar-refractivity contribution in [2.24, 2.45) is 0 Å². The van der Waals surface area contributed by atoms with Gasteiger partial charge in [-0.3, -0.25) is 4.79 Å². The predicted octanol–water partition coefficient (Wildman–Crippen LogP) is 0.692. The SMILES string of the molecule is CCN(CC)c1c(N)cnn(CC)c1=O. The van der Waals surface area contributed by atoms with Gasteiger partial charge >= 0.3 is 0 Å². The Hall–Kier alpha value is -1.52. The Morgan fingerprint density at radius 2 is 2.00 bits per heavy atom. The summed E-state index contributed by atoms with van der Waals surface area (Å²) in [5.41, 5.74) is 6.69. The molecule has 0 unspecified atom stereocenters. The van der Waals surface area contributed by atoms with Crippen molar-refractivity contribution in [3.05, 3.63) is 16.6 Å². The Morgan fingerprint density at radius 3 is 2.47 bits per heavy atom. The number of nitrogen functional groups attached to an aromatic ring is 1. The average molecular weight is 210 g/mol. The lowest BCUT2D eigenvalue weighted by Crippen LogP contribution is -2.34. The van der Waals surface area contributed by atoms with Crippen LogP contribution in [0.25, 0.3) is 0 Å². The first-order valence-electron chi connectivity index (χ1n) is 5.26. The fourth-order valence-electron chi connectivity index (χ4n) is 1.57. The highest BCUT2D eigenvalue weighted by atomic mass is 16.1. The van der Waals surface area contributed by atoms with E-state index in [9.17, 15) is 4.79 Å². The van der Waals surface area contributed by atoms with Crippen LogP contribution < -0.4 is 16.2 Å². The number of rotatable bonds is 4. The van der Waals surface area contributed by atoms with Gasteiger partial charge in [0.1, 0.15) is 5.69 Å². The molecule has 5 heteroatoms. The molecule has 1 heterocycles. The maximum Gasteiger partial charge on any atom is 0.292 e. The average Bonchev–Trinajstić information content (AvgIpc) is 2.24. The molecule has 84 valence electrons. The minimum Gasteiger partial charge on any atom is -0.396 e. The van der Waals surface area contributed by atoms with Crippen LogP contribution in [0.4, 0.5) is 11.4 Å². The third kappa shape index (κ3) is 2.11. The van der Waals surface area contributed by atoms with Crippen LogP contribution in [-0.2, 0) is 6.54 Å². The second-order valence-electron chi connectivity index (χ2n) is 3.24. The summed E-state index contributed by atoms with van der Waals surface area (Å²) in [5.74, 6) is 0. The van der Waals surface area contributed by atoms with Gasteiger partial charge in [-0.2, -0.15) is 5.10 Å². The number of hydrogen-bond acceptors (Lipinski definition) is 4. The summed E-state index contributed by atoms with van der Waals surface area (Å²) in [5, 5.41) is 3.96. The molecule has 0 aromatic carbocycles. The number of nitrogens with two attached hydrogens (primary N) is 1. The van der Waals surface area contributed by atoms with Crippen molar-refractivity contribution < 1.29 is 0 Å². The number of hydrogen-bond donors (Lipinski definition) is 1. The van der Waals surface area contributed by atoms with Gasteiger partial charge in [0.15, 0.2) is 0 Å². The van der Waals surface area contributed by atoms with Gasteiger partial charge in [-0.1, -0.05) is 0 Å². The molecule has 0 radical (unpaired) electrons. The van der Waals surface area contributed by atoms with Gasteiger partial charge in [0, 0.05) is 19.6 Å². The van der Waals surface area contributed by atoms with E-state index in [1.165, 1.54) is 4.68 Å². The van der Waals surface area contributed by atoms with E-state index in [-0.39, 0.29) is 5.56 Å². The molecule has 1 aromatic rings. The van der Waals surface area contributed by atoms with Gasteiger partial charge in [0.2, 0.25) is 0 Å². The highest BCUT2D eigenvalue weighted by Gasteiger charge is 2.13. The molecular formula is C10H18N4O. The summed E-state index contributed by atoms with van der Waals surface area (Å²) in [4.78, 5) is 13.9. The molecule has 0 atom stereocenters. The summed E-state index contributed by atoms with van der Waals surface area (Å²) in [7, 11) is 0. The molecule has 0 aliphatic carbocycles. The van der Waals surface area contributed by atoms with Gasteiger partial charge in [-0.05, 0) is 20.8 Å². The normalized spacial score (nSPS) is 10.3. The Bertz CT molecular complexity index is 381. The Kier molecular flexibility index (Phi) is 3.71. The van der Waals surface area contributed by atoms with Crippen LogP contribution in [0.5, 0.6) is 0 Å². The van der Waals surface area contributed by atoms with Crippen molar-refractivity contribution in [2.45, 2.75) is 27.3 Å². The highest BCUT2D eigenvalue weighted by molar-refractivity contribution is 5.64. The van der Waals surface area contributed by atoms with E-state index in [1.807, 2.05) is 25.7 Å². The van der Waals surface area contributed by atoms with Gasteiger partial charge in [-0.15, -0.1) is 0 Å². The third-order valence-corrected chi connectivity index (χ3v) is 2.43. The smallest absolute Gasteiger partial charge is 0.292 e. The fraction of sp³-hybridized carbons (Fsp3) is 0.600. The number of aryl methyl sites for hydroxylation is 1. The molecule has 0 saturated heterocycles. The zero-order valence-corrected chi connectivity index (χ0v) is 9.53. The van der Waals surface area contributed by atoms with Crippen LogP contribution in [0.2, 0.25) is 0 Å². The zero-order valence-electron chi connectivity index (χ0n) is 9.53. The molecule has 15 heavy (non-hydrogen) atoms. The summed E-state index contributed by atoms with van der Waals surface area (Å²) < 4.78 is 1.42. The molecule has 0 bridgehead atoms. The minimum absolute atomic E-state index is 0.110. The van der Waals surface area contributed by atoms with E-state index in [0.717, 1.165) is 13.1 Å². The molecule has 0 saturated carbocycles. The Morgan fingerprint density at radius 1 is 1.40 bits per heavy atom. The molecule has 5 nitrogen and oxygen atoms in total. The predicted molar refractivity (Wildman–Crippen MR) is 62.1 cm³/mol. The quantitative estimate of drug-likeness (QED) is 0.794. The van der Waals surface area contributed by atoms with Crippen molar-refractivity contribution in [2.75, 3.05) is 23.7 Å². The first kappa shape index (κ1) is 11.6. The highest BCUT2D eigenvalue weighted by Crippen LogP contribution is 2.15. The number of anilines is 2. The summed E-state index contributed by atoms with van der Waals surface area (Å²) in [6.45, 7) is 7.98. The summed E-state index contributed by atoms with van der Waals surface area (Å²) in [6, 6.07) is 0. The van der Waals surface area contributed by atoms with E-state index >= 15 is 0 Å². The van der Waals surface area contributed by atoms with Crippen LogP contribution >= 0.6 is 0 Å². The van der Waals surface area contributed by atoms with E-state index in [1.54, 1.807) is 6.20 Å². The lowest BCUT2D eigenvalue weighted by atomic mass is 10.3. The van der Waals surface area contributed by atoms with Crippen molar-refractivity contribution >= 4 is 11.4 Å². The van der Waals surface area contributed by atoms with Crippen molar-refractivity contribution in [1.29, 1.82) is 0 Å². The third-order valence-electron chi connectivity index (χ3n) is 2.43. The summed E-state index contributed by atoms with van der Waals surface area (Å²) >= 11 is 0. The second-order valence-corrected chi connectivity index (χ2v) is 3.24. The van der Waals surface area contributed by atoms with Crippen LogP contribution in [0.15, 0.2) is 11.0 Å². The van der Waals surface area contributed by atoms with Gasteiger partial charge in [0.25, 0.3) is 5.56 Å². The Labute approximate surface area is 89.5 Å². The second kappa shape index (κ2) is 4.82. The van der Waals surface area contributed by atoms with E-state index in [2.05, 4.69) is 5.10 Å². The van der Waals surface area contributed by atoms with Crippen molar-refractivity contribution in [3.8, 4) is 0 Å². The summed E-state index contributed by atoms with van der Waals surface area (Å²) in [6.07, 6.45) is 1.54. The lowest BCUT2D eigenvalue weighted by Gasteiger charge is -2.22. The van der Waals surface area contributed by atoms with Gasteiger partial charge in [0.05, 0.1) is 11.9 Å². The Balaban J connectivity index is 3.32. The largest absolute Gasteiger partial charge is 0.396 e. The first-order valence-corrected chi connectivity index (χ1v) is 5.26. The number of nitrogens with zero attached hydrogens (tertiary/aromatic N) is 3. The molecule has 2 N–H and O–H groups in total. The molecule has 0 aliphatic rings. The van der Waals surface area contributed by atoms with Crippen molar-refractivity contribution in [3.63, 3.8) is 0 Å². The monoisotopic (exact) mass is 210 g/mol. The van der Waals surface area contributed by atoms with Crippen LogP contribution in [0.1, 0.15) is 20.8 Å². The fourth-order valence-corrected chi connectivity index (χ4v) is 1.57. The maximum absolute atomic E-state index is 12.0. The van der Waals surface area contributed by atoms with Crippen LogP contribution in [0.3, 0.4) is 0 Å².